The zero-order chi connectivity index (χ0) is 13.9. The first kappa shape index (κ1) is 14.9. The summed E-state index contributed by atoms with van der Waals surface area (Å²) in [6, 6.07) is 0. The highest BCUT2D eigenvalue weighted by Gasteiger charge is 2.34. The largest absolute Gasteiger partial charge is 0.573 e. The summed E-state index contributed by atoms with van der Waals surface area (Å²) in [7, 11) is 0. The van der Waals surface area contributed by atoms with Gasteiger partial charge in [0.2, 0.25) is 0 Å². The van der Waals surface area contributed by atoms with Crippen LogP contribution in [0, 0.1) is 0 Å². The van der Waals surface area contributed by atoms with Gasteiger partial charge >= 0.3 is 6.36 Å². The van der Waals surface area contributed by atoms with Crippen molar-refractivity contribution < 1.29 is 31.8 Å². The van der Waals surface area contributed by atoms with Gasteiger partial charge in [0.15, 0.2) is 5.75 Å². The summed E-state index contributed by atoms with van der Waals surface area (Å²) in [4.78, 5) is 3.30. The summed E-state index contributed by atoms with van der Waals surface area (Å²) < 4.78 is 65.1. The van der Waals surface area contributed by atoms with Crippen LogP contribution >= 0.6 is 11.6 Å². The Bertz CT molecular complexity index is 424. The lowest BCUT2D eigenvalue weighted by Gasteiger charge is -2.16. The van der Waals surface area contributed by atoms with Crippen molar-refractivity contribution in [2.75, 3.05) is 0 Å². The second-order valence-corrected chi connectivity index (χ2v) is 3.37. The average molecular weight is 292 g/mol. The molecule has 0 unspecified atom stereocenters. The van der Waals surface area contributed by atoms with Crippen LogP contribution < -0.4 is 4.74 Å². The monoisotopic (exact) mass is 291 g/mol. The lowest BCUT2D eigenvalue weighted by atomic mass is 10.1. The van der Waals surface area contributed by atoms with Gasteiger partial charge in [-0.15, -0.1) is 24.8 Å². The Morgan fingerprint density at radius 3 is 2.39 bits per heavy atom. The van der Waals surface area contributed by atoms with E-state index < -0.39 is 47.8 Å². The highest BCUT2D eigenvalue weighted by molar-refractivity contribution is 6.17. The summed E-state index contributed by atoms with van der Waals surface area (Å²) >= 11 is 5.35. The lowest BCUT2D eigenvalue weighted by Crippen LogP contribution is -2.19. The van der Waals surface area contributed by atoms with E-state index >= 15 is 0 Å². The number of aromatic nitrogens is 1. The molecule has 0 aliphatic rings. The molecule has 0 saturated carbocycles. The number of nitrogens with zero attached hydrogens (tertiary/aromatic N) is 1. The van der Waals surface area contributed by atoms with Crippen LogP contribution in [0.1, 0.15) is 23.2 Å². The van der Waals surface area contributed by atoms with Crippen LogP contribution in [0.2, 0.25) is 0 Å². The summed E-state index contributed by atoms with van der Waals surface area (Å²) in [6.07, 6.45) is -7.56. The molecule has 1 aromatic heterocycles. The number of ether oxygens (including phenoxy) is 1. The molecule has 0 aromatic carbocycles. The molecule has 0 spiro atoms. The van der Waals surface area contributed by atoms with E-state index in [1.807, 2.05) is 0 Å². The number of rotatable bonds is 4. The fourth-order valence-corrected chi connectivity index (χ4v) is 1.60. The van der Waals surface area contributed by atoms with Gasteiger partial charge in [0, 0.05) is 11.1 Å². The highest BCUT2D eigenvalue weighted by Crippen LogP contribution is 2.35. The van der Waals surface area contributed by atoms with E-state index in [4.69, 9.17) is 16.7 Å². The molecular formula is C9H7ClF5NO2. The van der Waals surface area contributed by atoms with E-state index in [9.17, 15) is 22.0 Å². The average Bonchev–Trinajstić information content (AvgIpc) is 2.26. The van der Waals surface area contributed by atoms with Gasteiger partial charge in [0.05, 0.1) is 24.4 Å². The van der Waals surface area contributed by atoms with Crippen LogP contribution in [-0.4, -0.2) is 16.5 Å². The van der Waals surface area contributed by atoms with Gasteiger partial charge in [-0.25, -0.2) is 8.78 Å². The van der Waals surface area contributed by atoms with Gasteiger partial charge in [-0.2, -0.15) is 0 Å². The van der Waals surface area contributed by atoms with Crippen molar-refractivity contribution in [3.8, 4) is 5.75 Å². The van der Waals surface area contributed by atoms with Gasteiger partial charge < -0.3 is 9.84 Å². The molecule has 0 amide bonds. The van der Waals surface area contributed by atoms with Crippen molar-refractivity contribution in [1.29, 1.82) is 0 Å². The van der Waals surface area contributed by atoms with E-state index in [0.29, 0.717) is 6.20 Å². The molecule has 9 heteroatoms. The van der Waals surface area contributed by atoms with Crippen LogP contribution in [0.25, 0.3) is 0 Å². The van der Waals surface area contributed by atoms with Gasteiger partial charge in [0.1, 0.15) is 0 Å². The van der Waals surface area contributed by atoms with Crippen molar-refractivity contribution in [2.24, 2.45) is 0 Å². The molecule has 1 N–H and O–H groups in total. The minimum absolute atomic E-state index is 0.435. The summed E-state index contributed by atoms with van der Waals surface area (Å²) in [5, 5.41) is 8.81. The second-order valence-electron chi connectivity index (χ2n) is 3.10. The maximum Gasteiger partial charge on any atom is 0.573 e. The summed E-state index contributed by atoms with van der Waals surface area (Å²) in [5.41, 5.74) is -1.81. The fourth-order valence-electron chi connectivity index (χ4n) is 1.33. The van der Waals surface area contributed by atoms with Gasteiger partial charge in [-0.05, 0) is 0 Å². The molecule has 102 valence electrons. The Kier molecular flexibility index (Phi) is 4.69. The topological polar surface area (TPSA) is 42.4 Å². The van der Waals surface area contributed by atoms with Crippen LogP contribution in [0.3, 0.4) is 0 Å². The van der Waals surface area contributed by atoms with Crippen molar-refractivity contribution in [2.45, 2.75) is 25.3 Å². The van der Waals surface area contributed by atoms with E-state index in [0.717, 1.165) is 0 Å². The first-order valence-corrected chi connectivity index (χ1v) is 5.05. The maximum absolute atomic E-state index is 12.7. The van der Waals surface area contributed by atoms with Crippen molar-refractivity contribution in [3.63, 3.8) is 0 Å². The van der Waals surface area contributed by atoms with Crippen molar-refractivity contribution in [3.05, 3.63) is 23.0 Å². The smallest absolute Gasteiger partial charge is 0.404 e. The van der Waals surface area contributed by atoms with Crippen LogP contribution in [0.15, 0.2) is 6.20 Å². The van der Waals surface area contributed by atoms with E-state index in [2.05, 4.69) is 9.72 Å². The fraction of sp³-hybridized carbons (Fsp3) is 0.444. The van der Waals surface area contributed by atoms with Crippen LogP contribution in [-0.2, 0) is 12.5 Å². The molecule has 0 bridgehead atoms. The van der Waals surface area contributed by atoms with Crippen molar-refractivity contribution >= 4 is 11.6 Å². The molecule has 0 aliphatic heterocycles. The Morgan fingerprint density at radius 1 is 1.39 bits per heavy atom. The SMILES string of the molecule is OCc1ncc(OC(F)(F)F)c(CCl)c1C(F)F. The molecule has 3 nitrogen and oxygen atoms in total. The zero-order valence-corrected chi connectivity index (χ0v) is 9.40. The Morgan fingerprint density at radius 2 is 2.00 bits per heavy atom. The molecule has 0 saturated heterocycles. The third kappa shape index (κ3) is 3.42. The quantitative estimate of drug-likeness (QED) is 0.684. The minimum atomic E-state index is -5.04. The molecule has 0 aliphatic carbocycles. The van der Waals surface area contributed by atoms with E-state index in [1.165, 1.54) is 0 Å². The number of aliphatic hydroxyl groups excluding tert-OH is 1. The molecule has 0 atom stereocenters. The van der Waals surface area contributed by atoms with E-state index in [1.54, 1.807) is 0 Å². The van der Waals surface area contributed by atoms with Crippen molar-refractivity contribution in [1.82, 2.24) is 4.98 Å². The maximum atomic E-state index is 12.7. The number of aliphatic hydroxyl groups is 1. The first-order valence-electron chi connectivity index (χ1n) is 4.51. The van der Waals surface area contributed by atoms with Crippen LogP contribution in [0.4, 0.5) is 22.0 Å². The summed E-state index contributed by atoms with van der Waals surface area (Å²) in [5.74, 6) is -1.52. The molecular weight excluding hydrogens is 285 g/mol. The molecule has 1 rings (SSSR count). The molecule has 18 heavy (non-hydrogen) atoms. The molecule has 1 heterocycles. The third-order valence-electron chi connectivity index (χ3n) is 2.00. The number of hydrogen-bond acceptors (Lipinski definition) is 3. The van der Waals surface area contributed by atoms with Gasteiger partial charge in [-0.3, -0.25) is 4.98 Å². The normalized spacial score (nSPS) is 12.0. The standard InChI is InChI=1S/C9H7ClF5NO2/c10-1-4-6(18-9(13,14)15)2-16-5(3-17)7(4)8(11)12/h2,8,17H,1,3H2. The Balaban J connectivity index is 3.33. The van der Waals surface area contributed by atoms with Gasteiger partial charge in [0.25, 0.3) is 6.43 Å². The predicted molar refractivity (Wildman–Crippen MR) is 51.4 cm³/mol. The number of halogens is 6. The van der Waals surface area contributed by atoms with E-state index in [-0.39, 0.29) is 0 Å². The molecule has 1 aromatic rings. The predicted octanol–water partition coefficient (Wildman–Crippen LogP) is 3.15. The number of hydrogen-bond donors (Lipinski definition) is 1. The lowest BCUT2D eigenvalue weighted by molar-refractivity contribution is -0.275. The van der Waals surface area contributed by atoms with Crippen LogP contribution in [0.5, 0.6) is 5.75 Å². The minimum Gasteiger partial charge on any atom is -0.404 e. The molecule has 0 fully saturated rings. The van der Waals surface area contributed by atoms with Gasteiger partial charge in [-0.1, -0.05) is 0 Å². The highest BCUT2D eigenvalue weighted by atomic mass is 35.5. The third-order valence-corrected chi connectivity index (χ3v) is 2.27. The zero-order valence-electron chi connectivity index (χ0n) is 8.64. The number of alkyl halides is 6. The molecule has 0 radical (unpaired) electrons. The Labute approximate surface area is 103 Å². The second kappa shape index (κ2) is 5.66. The Hall–Kier alpha value is -1.15. The summed E-state index contributed by atoms with van der Waals surface area (Å²) in [6.45, 7) is -0.837. The number of pyridine rings is 1. The first-order chi connectivity index (χ1) is 8.30.